The summed E-state index contributed by atoms with van der Waals surface area (Å²) >= 11 is 0. The summed E-state index contributed by atoms with van der Waals surface area (Å²) in [7, 11) is -1.01. The van der Waals surface area contributed by atoms with Gasteiger partial charge in [-0.05, 0) is 24.1 Å². The largest absolute Gasteiger partial charge is 1.00 e. The summed E-state index contributed by atoms with van der Waals surface area (Å²) in [5.41, 5.74) is 2.89. The summed E-state index contributed by atoms with van der Waals surface area (Å²) < 4.78 is 22.2. The van der Waals surface area contributed by atoms with Crippen molar-refractivity contribution in [2.24, 2.45) is 0 Å². The third-order valence-corrected chi connectivity index (χ3v) is 5.02. The third kappa shape index (κ3) is 4.35. The summed E-state index contributed by atoms with van der Waals surface area (Å²) in [6.07, 6.45) is 0. The van der Waals surface area contributed by atoms with E-state index in [1.165, 1.54) is 20.3 Å². The molecule has 2 aromatic rings. The molecule has 4 nitrogen and oxygen atoms in total. The molecule has 0 unspecified atom stereocenters. The van der Waals surface area contributed by atoms with Crippen LogP contribution in [0, 0.1) is 6.92 Å². The van der Waals surface area contributed by atoms with Crippen LogP contribution < -0.4 is 68.6 Å². The molecular weight excluding hydrogens is 361 g/mol. The van der Waals surface area contributed by atoms with Crippen molar-refractivity contribution >= 4 is 12.9 Å². The van der Waals surface area contributed by atoms with Crippen LogP contribution in [-0.2, 0) is 13.6 Å². The number of aryl methyl sites for hydroxylation is 1. The molecule has 21 heavy (non-hydrogen) atoms. The molecule has 0 saturated carbocycles. The Balaban J connectivity index is 0.00000220. The number of rotatable bonds is 4. The molecule has 0 fully saturated rings. The van der Waals surface area contributed by atoms with E-state index in [-0.39, 0.29) is 69.2 Å². The SMILES string of the molecule is COP(=O)(OC)c1cc(-c2ccc(C)cc2)ccc1[O-].[Rb+]. The van der Waals surface area contributed by atoms with Crippen molar-refractivity contribution in [1.29, 1.82) is 0 Å². The minimum Gasteiger partial charge on any atom is -0.872 e. The van der Waals surface area contributed by atoms with Crippen LogP contribution >= 0.6 is 7.60 Å². The van der Waals surface area contributed by atoms with Gasteiger partial charge in [-0.3, -0.25) is 4.57 Å². The monoisotopic (exact) mass is 376 g/mol. The van der Waals surface area contributed by atoms with Crippen LogP contribution in [-0.4, -0.2) is 14.2 Å². The summed E-state index contributed by atoms with van der Waals surface area (Å²) in [5, 5.41) is 11.9. The fourth-order valence-electron chi connectivity index (χ4n) is 1.93. The minimum atomic E-state index is -3.54. The van der Waals surface area contributed by atoms with Gasteiger partial charge in [0.15, 0.2) is 0 Å². The van der Waals surface area contributed by atoms with Gasteiger partial charge >= 0.3 is 65.8 Å². The Morgan fingerprint density at radius 1 is 0.952 bits per heavy atom. The zero-order chi connectivity index (χ0) is 14.8. The van der Waals surface area contributed by atoms with E-state index in [1.54, 1.807) is 12.1 Å². The van der Waals surface area contributed by atoms with Crippen molar-refractivity contribution in [3.63, 3.8) is 0 Å². The molecule has 0 aromatic heterocycles. The topological polar surface area (TPSA) is 58.6 Å². The average molecular weight is 377 g/mol. The maximum atomic E-state index is 12.4. The fraction of sp³-hybridized carbons (Fsp3) is 0.200. The van der Waals surface area contributed by atoms with Gasteiger partial charge in [-0.25, -0.2) is 0 Å². The molecule has 2 rings (SSSR count). The van der Waals surface area contributed by atoms with Gasteiger partial charge in [-0.1, -0.05) is 47.7 Å². The Labute approximate surface area is 173 Å². The first-order valence-corrected chi connectivity index (χ1v) is 7.64. The van der Waals surface area contributed by atoms with E-state index in [0.717, 1.165) is 16.7 Å². The van der Waals surface area contributed by atoms with Gasteiger partial charge in [0.05, 0.1) is 5.30 Å². The van der Waals surface area contributed by atoms with Gasteiger partial charge in [0.1, 0.15) is 0 Å². The normalized spacial score (nSPS) is 11.0. The van der Waals surface area contributed by atoms with Crippen LogP contribution in [0.4, 0.5) is 0 Å². The molecular formula is C15H16O4PRb. The maximum Gasteiger partial charge on any atom is 1.00 e. The van der Waals surface area contributed by atoms with Crippen molar-refractivity contribution in [1.82, 2.24) is 0 Å². The van der Waals surface area contributed by atoms with Crippen molar-refractivity contribution in [3.8, 4) is 16.9 Å². The zero-order valence-corrected chi connectivity index (χ0v) is 18.4. The van der Waals surface area contributed by atoms with Gasteiger partial charge in [0.25, 0.3) is 0 Å². The Morgan fingerprint density at radius 2 is 1.48 bits per heavy atom. The van der Waals surface area contributed by atoms with E-state index < -0.39 is 7.60 Å². The summed E-state index contributed by atoms with van der Waals surface area (Å²) in [5.74, 6) is -0.354. The molecule has 0 spiro atoms. The second kappa shape index (κ2) is 8.16. The summed E-state index contributed by atoms with van der Waals surface area (Å²) in [6, 6.07) is 12.5. The Kier molecular flexibility index (Phi) is 7.48. The molecule has 2 aromatic carbocycles. The maximum absolute atomic E-state index is 12.4. The van der Waals surface area contributed by atoms with Crippen LogP contribution in [0.1, 0.15) is 5.56 Å². The first-order chi connectivity index (χ1) is 9.50. The van der Waals surface area contributed by atoms with E-state index in [9.17, 15) is 9.67 Å². The number of hydrogen-bond donors (Lipinski definition) is 0. The summed E-state index contributed by atoms with van der Waals surface area (Å²) in [6.45, 7) is 2.00. The van der Waals surface area contributed by atoms with Gasteiger partial charge < -0.3 is 14.2 Å². The molecule has 0 N–H and O–H groups in total. The molecule has 106 valence electrons. The third-order valence-electron chi connectivity index (χ3n) is 3.12. The van der Waals surface area contributed by atoms with Gasteiger partial charge in [0, 0.05) is 14.2 Å². The van der Waals surface area contributed by atoms with E-state index in [4.69, 9.17) is 9.05 Å². The second-order valence-corrected chi connectivity index (χ2v) is 6.62. The molecule has 6 heteroatoms. The van der Waals surface area contributed by atoms with Crippen LogP contribution in [0.2, 0.25) is 0 Å². The van der Waals surface area contributed by atoms with Gasteiger partial charge in [-0.2, -0.15) is 0 Å². The number of benzene rings is 2. The van der Waals surface area contributed by atoms with E-state index in [0.29, 0.717) is 0 Å². The molecule has 0 atom stereocenters. The molecule has 0 aliphatic heterocycles. The standard InChI is InChI=1S/C15H17O4P.Rb/c1-11-4-6-12(7-5-11)13-8-9-14(16)15(10-13)20(17,18-2)19-3;/h4-10,16H,1-3H3;/q;+1/p-1. The van der Waals surface area contributed by atoms with Gasteiger partial charge in [-0.15, -0.1) is 0 Å². The number of hydrogen-bond acceptors (Lipinski definition) is 4. The fourth-order valence-corrected chi connectivity index (χ4v) is 3.11. The predicted molar refractivity (Wildman–Crippen MR) is 77.3 cm³/mol. The van der Waals surface area contributed by atoms with Crippen LogP contribution in [0.25, 0.3) is 11.1 Å². The van der Waals surface area contributed by atoms with E-state index in [1.807, 2.05) is 31.2 Å². The van der Waals surface area contributed by atoms with Crippen molar-refractivity contribution in [2.75, 3.05) is 14.2 Å². The predicted octanol–water partition coefficient (Wildman–Crippen LogP) is -0.149. The van der Waals surface area contributed by atoms with Crippen LogP contribution in [0.3, 0.4) is 0 Å². The first kappa shape index (κ1) is 19.2. The second-order valence-electron chi connectivity index (χ2n) is 4.41. The first-order valence-electron chi connectivity index (χ1n) is 6.10. The van der Waals surface area contributed by atoms with Crippen molar-refractivity contribution in [2.45, 2.75) is 6.92 Å². The smallest absolute Gasteiger partial charge is 0.872 e. The van der Waals surface area contributed by atoms with E-state index in [2.05, 4.69) is 0 Å². The summed E-state index contributed by atoms with van der Waals surface area (Å²) in [4.78, 5) is 0. The molecule has 0 bridgehead atoms. The molecule has 0 aliphatic carbocycles. The van der Waals surface area contributed by atoms with Crippen molar-refractivity contribution in [3.05, 3.63) is 48.0 Å². The average Bonchev–Trinajstić information content (AvgIpc) is 2.48. The van der Waals surface area contributed by atoms with Crippen LogP contribution in [0.15, 0.2) is 42.5 Å². The molecule has 0 amide bonds. The quantitative estimate of drug-likeness (QED) is 0.697. The minimum absolute atomic E-state index is 0. The van der Waals surface area contributed by atoms with E-state index >= 15 is 0 Å². The molecule has 0 saturated heterocycles. The molecule has 0 radical (unpaired) electrons. The molecule has 0 heterocycles. The van der Waals surface area contributed by atoms with Gasteiger partial charge in [0.2, 0.25) is 0 Å². The Bertz CT molecular complexity index is 647. The van der Waals surface area contributed by atoms with Crippen LogP contribution in [0.5, 0.6) is 5.75 Å². The van der Waals surface area contributed by atoms with Crippen molar-refractivity contribution < 1.29 is 76.9 Å². The Morgan fingerprint density at radius 3 is 2.00 bits per heavy atom. The Hall–Kier alpha value is 0.195. The molecule has 0 aliphatic rings. The zero-order valence-electron chi connectivity index (χ0n) is 12.6.